The van der Waals surface area contributed by atoms with E-state index in [1.54, 1.807) is 6.26 Å². The number of anilines is 1. The van der Waals surface area contributed by atoms with E-state index in [2.05, 4.69) is 33.3 Å². The number of aromatic nitrogens is 3. The second kappa shape index (κ2) is 7.18. The molecule has 0 radical (unpaired) electrons. The van der Waals surface area contributed by atoms with Crippen LogP contribution < -0.4 is 4.90 Å². The molecular formula is C21H25N5O2S. The summed E-state index contributed by atoms with van der Waals surface area (Å²) in [6.07, 6.45) is 12.5. The van der Waals surface area contributed by atoms with Crippen LogP contribution in [0.15, 0.2) is 28.9 Å². The van der Waals surface area contributed by atoms with Crippen molar-refractivity contribution in [3.05, 3.63) is 35.7 Å². The van der Waals surface area contributed by atoms with Crippen LogP contribution in [0.1, 0.15) is 30.9 Å². The van der Waals surface area contributed by atoms with Crippen LogP contribution in [0.5, 0.6) is 0 Å². The molecule has 8 heteroatoms. The van der Waals surface area contributed by atoms with Crippen molar-refractivity contribution in [3.63, 3.8) is 0 Å². The van der Waals surface area contributed by atoms with E-state index in [0.717, 1.165) is 42.8 Å². The SMILES string of the molecule is C[C@@H]1COCCN1c1cc(N=S(C)(=O)C2CC2)nc(-c2cncc3c2C=CC3)n1. The molecule has 1 unspecified atom stereocenters. The average molecular weight is 412 g/mol. The standard InChI is InChI=1S/C21H25N5O2S/c1-14-13-28-9-8-26(14)20-10-19(25-29(2,27)16-6-7-16)23-21(24-20)18-12-22-11-15-4-3-5-17(15)18/h3,5,10-12,14,16H,4,6-9,13H2,1-2H3/t14-,29?/m1/s1. The predicted molar refractivity (Wildman–Crippen MR) is 115 cm³/mol. The van der Waals surface area contributed by atoms with E-state index in [-0.39, 0.29) is 11.3 Å². The lowest BCUT2D eigenvalue weighted by Crippen LogP contribution is -2.44. The van der Waals surface area contributed by atoms with Gasteiger partial charge in [0.05, 0.1) is 29.0 Å². The second-order valence-corrected chi connectivity index (χ2v) is 10.6. The van der Waals surface area contributed by atoms with Crippen molar-refractivity contribution in [2.75, 3.05) is 30.9 Å². The van der Waals surface area contributed by atoms with E-state index in [9.17, 15) is 4.21 Å². The van der Waals surface area contributed by atoms with Gasteiger partial charge in [0.1, 0.15) is 5.82 Å². The molecular weight excluding hydrogens is 386 g/mol. The number of ether oxygens (including phenoxy) is 1. The highest BCUT2D eigenvalue weighted by Crippen LogP contribution is 2.34. The monoisotopic (exact) mass is 411 g/mol. The molecule has 152 valence electrons. The fourth-order valence-electron chi connectivity index (χ4n) is 3.92. The smallest absolute Gasteiger partial charge is 0.167 e. The topological polar surface area (TPSA) is 80.6 Å². The van der Waals surface area contributed by atoms with E-state index >= 15 is 0 Å². The molecule has 2 aromatic rings. The molecule has 2 fully saturated rings. The minimum atomic E-state index is -2.30. The van der Waals surface area contributed by atoms with E-state index in [0.29, 0.717) is 24.9 Å². The maximum Gasteiger partial charge on any atom is 0.167 e. The number of hydrogen-bond acceptors (Lipinski definition) is 7. The number of fused-ring (bicyclic) bond motifs is 1. The van der Waals surface area contributed by atoms with Crippen molar-refractivity contribution < 1.29 is 8.95 Å². The Morgan fingerprint density at radius 2 is 2.14 bits per heavy atom. The molecule has 0 aromatic carbocycles. The van der Waals surface area contributed by atoms with Crippen molar-refractivity contribution >= 4 is 27.4 Å². The zero-order chi connectivity index (χ0) is 20.0. The van der Waals surface area contributed by atoms with Crippen molar-refractivity contribution in [2.24, 2.45) is 4.36 Å². The quantitative estimate of drug-likeness (QED) is 0.768. The highest BCUT2D eigenvalue weighted by atomic mass is 32.2. The maximum atomic E-state index is 13.0. The Morgan fingerprint density at radius 1 is 1.28 bits per heavy atom. The maximum absolute atomic E-state index is 13.0. The van der Waals surface area contributed by atoms with Gasteiger partial charge in [-0.1, -0.05) is 12.2 Å². The van der Waals surface area contributed by atoms with Gasteiger partial charge in [-0.2, -0.15) is 4.36 Å². The molecule has 5 rings (SSSR count). The largest absolute Gasteiger partial charge is 0.377 e. The lowest BCUT2D eigenvalue weighted by atomic mass is 10.1. The molecule has 2 atom stereocenters. The van der Waals surface area contributed by atoms with E-state index in [1.165, 1.54) is 5.56 Å². The summed E-state index contributed by atoms with van der Waals surface area (Å²) in [7, 11) is -2.30. The van der Waals surface area contributed by atoms with Crippen molar-refractivity contribution in [2.45, 2.75) is 37.5 Å². The Hall–Kier alpha value is -2.32. The summed E-state index contributed by atoms with van der Waals surface area (Å²) in [6.45, 7) is 4.19. The molecule has 1 aliphatic heterocycles. The number of pyridine rings is 1. The van der Waals surface area contributed by atoms with Gasteiger partial charge < -0.3 is 9.64 Å². The van der Waals surface area contributed by atoms with Gasteiger partial charge >= 0.3 is 0 Å². The summed E-state index contributed by atoms with van der Waals surface area (Å²) in [5, 5.41) is 0.178. The Labute approximate surface area is 171 Å². The summed E-state index contributed by atoms with van der Waals surface area (Å²) in [4.78, 5) is 16.2. The molecule has 3 aliphatic rings. The fourth-order valence-corrected chi connectivity index (χ4v) is 5.55. The second-order valence-electron chi connectivity index (χ2n) is 8.04. The predicted octanol–water partition coefficient (Wildman–Crippen LogP) is 3.22. The van der Waals surface area contributed by atoms with E-state index < -0.39 is 9.73 Å². The van der Waals surface area contributed by atoms with Gasteiger partial charge in [0.2, 0.25) is 0 Å². The number of rotatable bonds is 4. The van der Waals surface area contributed by atoms with Crippen LogP contribution in [-0.2, 0) is 20.9 Å². The molecule has 1 saturated carbocycles. The molecule has 0 bridgehead atoms. The fraction of sp³-hybridized carbons (Fsp3) is 0.476. The lowest BCUT2D eigenvalue weighted by Gasteiger charge is -2.34. The molecule has 29 heavy (non-hydrogen) atoms. The third-order valence-corrected chi connectivity index (χ3v) is 7.97. The summed E-state index contributed by atoms with van der Waals surface area (Å²) in [5.41, 5.74) is 3.18. The average Bonchev–Trinajstić information content (AvgIpc) is 3.46. The Balaban J connectivity index is 1.65. The van der Waals surface area contributed by atoms with Gasteiger partial charge in [0.25, 0.3) is 0 Å². The van der Waals surface area contributed by atoms with Crippen LogP contribution in [0.25, 0.3) is 17.5 Å². The third-order valence-electron chi connectivity index (χ3n) is 5.71. The minimum Gasteiger partial charge on any atom is -0.377 e. The molecule has 3 heterocycles. The van der Waals surface area contributed by atoms with Gasteiger partial charge in [0, 0.05) is 42.1 Å². The number of morpholine rings is 1. The lowest BCUT2D eigenvalue weighted by molar-refractivity contribution is 0.0985. The minimum absolute atomic E-state index is 0.178. The zero-order valence-corrected chi connectivity index (χ0v) is 17.6. The summed E-state index contributed by atoms with van der Waals surface area (Å²) in [5.74, 6) is 1.87. The highest BCUT2D eigenvalue weighted by molar-refractivity contribution is 7.93. The van der Waals surface area contributed by atoms with E-state index in [1.807, 2.05) is 18.5 Å². The van der Waals surface area contributed by atoms with Crippen molar-refractivity contribution in [3.8, 4) is 11.4 Å². The van der Waals surface area contributed by atoms with Crippen LogP contribution >= 0.6 is 0 Å². The summed E-state index contributed by atoms with van der Waals surface area (Å²) >= 11 is 0. The van der Waals surface area contributed by atoms with Crippen molar-refractivity contribution in [1.82, 2.24) is 15.0 Å². The summed E-state index contributed by atoms with van der Waals surface area (Å²) < 4.78 is 23.2. The van der Waals surface area contributed by atoms with Crippen LogP contribution in [0.4, 0.5) is 11.6 Å². The number of nitrogens with zero attached hydrogens (tertiary/aromatic N) is 5. The van der Waals surface area contributed by atoms with Gasteiger partial charge in [-0.3, -0.25) is 4.98 Å². The zero-order valence-electron chi connectivity index (χ0n) is 16.7. The Kier molecular flexibility index (Phi) is 4.63. The first-order chi connectivity index (χ1) is 14.0. The number of hydrogen-bond donors (Lipinski definition) is 0. The van der Waals surface area contributed by atoms with Crippen LogP contribution in [0, 0.1) is 0 Å². The molecule has 7 nitrogen and oxygen atoms in total. The highest BCUT2D eigenvalue weighted by Gasteiger charge is 2.31. The van der Waals surface area contributed by atoms with E-state index in [4.69, 9.17) is 14.7 Å². The van der Waals surface area contributed by atoms with Gasteiger partial charge in [-0.15, -0.1) is 0 Å². The summed E-state index contributed by atoms with van der Waals surface area (Å²) in [6, 6.07) is 2.07. The molecule has 2 aromatic heterocycles. The van der Waals surface area contributed by atoms with Crippen LogP contribution in [-0.4, -0.2) is 56.5 Å². The third kappa shape index (κ3) is 3.67. The number of allylic oxidation sites excluding steroid dienone is 1. The normalized spacial score (nSPS) is 23.0. The van der Waals surface area contributed by atoms with Gasteiger partial charge in [-0.05, 0) is 37.3 Å². The van der Waals surface area contributed by atoms with Crippen LogP contribution in [0.2, 0.25) is 0 Å². The molecule has 0 spiro atoms. The molecule has 1 saturated heterocycles. The Morgan fingerprint density at radius 3 is 2.93 bits per heavy atom. The first-order valence-electron chi connectivity index (χ1n) is 10.1. The van der Waals surface area contributed by atoms with Crippen LogP contribution in [0.3, 0.4) is 0 Å². The first kappa shape index (κ1) is 18.7. The Bertz CT molecular complexity index is 1100. The van der Waals surface area contributed by atoms with Crippen molar-refractivity contribution in [1.29, 1.82) is 0 Å². The first-order valence-corrected chi connectivity index (χ1v) is 12.1. The molecule has 0 N–H and O–H groups in total. The molecule has 2 aliphatic carbocycles. The molecule has 0 amide bonds. The van der Waals surface area contributed by atoms with Gasteiger partial charge in [0.15, 0.2) is 11.6 Å². The van der Waals surface area contributed by atoms with Gasteiger partial charge in [-0.25, -0.2) is 14.2 Å².